The van der Waals surface area contributed by atoms with Gasteiger partial charge in [-0.1, -0.05) is 11.6 Å². The lowest BCUT2D eigenvalue weighted by molar-refractivity contribution is 0.655. The van der Waals surface area contributed by atoms with Gasteiger partial charge < -0.3 is 11.1 Å². The molecule has 0 aliphatic carbocycles. The third kappa shape index (κ3) is 3.72. The number of pyridine rings is 1. The van der Waals surface area contributed by atoms with Crippen LogP contribution in [0, 0.1) is 0 Å². The highest BCUT2D eigenvalue weighted by atomic mass is 35.5. The fraction of sp³-hybridized carbons (Fsp3) is 0.444. The third-order valence-corrected chi connectivity index (χ3v) is 2.07. The predicted molar refractivity (Wildman–Crippen MR) is 54.6 cm³/mol. The van der Waals surface area contributed by atoms with Crippen LogP contribution in [0.1, 0.15) is 12.0 Å². The van der Waals surface area contributed by atoms with Crippen molar-refractivity contribution in [1.29, 1.82) is 0 Å². The molecule has 13 heavy (non-hydrogen) atoms. The Balaban J connectivity index is 2.32. The van der Waals surface area contributed by atoms with Crippen molar-refractivity contribution in [2.75, 3.05) is 13.1 Å². The van der Waals surface area contributed by atoms with E-state index in [0.29, 0.717) is 5.02 Å². The monoisotopic (exact) mass is 199 g/mol. The van der Waals surface area contributed by atoms with Gasteiger partial charge in [-0.2, -0.15) is 0 Å². The van der Waals surface area contributed by atoms with E-state index in [1.165, 1.54) is 0 Å². The van der Waals surface area contributed by atoms with Crippen molar-refractivity contribution in [3.8, 4) is 0 Å². The molecular weight excluding hydrogens is 186 g/mol. The molecule has 72 valence electrons. The quantitative estimate of drug-likeness (QED) is 0.701. The van der Waals surface area contributed by atoms with Crippen molar-refractivity contribution >= 4 is 11.6 Å². The summed E-state index contributed by atoms with van der Waals surface area (Å²) in [5, 5.41) is 3.96. The molecule has 0 aliphatic rings. The van der Waals surface area contributed by atoms with Gasteiger partial charge in [0, 0.05) is 18.9 Å². The first-order valence-corrected chi connectivity index (χ1v) is 4.71. The normalized spacial score (nSPS) is 10.3. The van der Waals surface area contributed by atoms with E-state index in [9.17, 15) is 0 Å². The van der Waals surface area contributed by atoms with Crippen molar-refractivity contribution in [3.63, 3.8) is 0 Å². The second-order valence-electron chi connectivity index (χ2n) is 2.79. The summed E-state index contributed by atoms with van der Waals surface area (Å²) >= 11 is 5.91. The van der Waals surface area contributed by atoms with Crippen molar-refractivity contribution in [3.05, 3.63) is 29.0 Å². The number of rotatable bonds is 5. The second-order valence-corrected chi connectivity index (χ2v) is 3.19. The molecule has 1 aromatic rings. The first kappa shape index (κ1) is 10.4. The lowest BCUT2D eigenvalue weighted by Crippen LogP contribution is -2.17. The minimum Gasteiger partial charge on any atom is -0.330 e. The lowest BCUT2D eigenvalue weighted by atomic mass is 10.2. The molecule has 1 aromatic heterocycles. The van der Waals surface area contributed by atoms with Crippen LogP contribution < -0.4 is 11.1 Å². The zero-order valence-electron chi connectivity index (χ0n) is 7.46. The standard InChI is InChI=1S/C9H14ClN3/c10-9-7-13-5-2-8(9)6-12-4-1-3-11/h2,5,7,12H,1,3-4,6,11H2. The van der Waals surface area contributed by atoms with Gasteiger partial charge in [-0.25, -0.2) is 0 Å². The van der Waals surface area contributed by atoms with E-state index < -0.39 is 0 Å². The van der Waals surface area contributed by atoms with Crippen LogP contribution in [0.5, 0.6) is 0 Å². The number of hydrogen-bond acceptors (Lipinski definition) is 3. The Morgan fingerprint density at radius 1 is 1.54 bits per heavy atom. The van der Waals surface area contributed by atoms with Gasteiger partial charge in [0.15, 0.2) is 0 Å². The highest BCUT2D eigenvalue weighted by Gasteiger charge is 1.97. The fourth-order valence-corrected chi connectivity index (χ4v) is 1.18. The molecule has 3 nitrogen and oxygen atoms in total. The molecule has 0 unspecified atom stereocenters. The minimum atomic E-state index is 0.711. The summed E-state index contributed by atoms with van der Waals surface area (Å²) in [5.41, 5.74) is 6.44. The summed E-state index contributed by atoms with van der Waals surface area (Å²) in [5.74, 6) is 0. The average molecular weight is 200 g/mol. The topological polar surface area (TPSA) is 50.9 Å². The van der Waals surface area contributed by atoms with E-state index in [1.54, 1.807) is 12.4 Å². The zero-order chi connectivity index (χ0) is 9.52. The van der Waals surface area contributed by atoms with Gasteiger partial charge in [0.2, 0.25) is 0 Å². The molecule has 0 saturated carbocycles. The second kappa shape index (κ2) is 5.91. The van der Waals surface area contributed by atoms with Crippen LogP contribution in [0.2, 0.25) is 5.02 Å². The average Bonchev–Trinajstić information content (AvgIpc) is 2.15. The van der Waals surface area contributed by atoms with E-state index in [4.69, 9.17) is 17.3 Å². The smallest absolute Gasteiger partial charge is 0.0634 e. The Morgan fingerprint density at radius 2 is 2.38 bits per heavy atom. The summed E-state index contributed by atoms with van der Waals surface area (Å²) in [6.07, 6.45) is 4.38. The van der Waals surface area contributed by atoms with Gasteiger partial charge in [-0.05, 0) is 31.1 Å². The Bertz CT molecular complexity index is 252. The summed E-state index contributed by atoms with van der Waals surface area (Å²) in [6.45, 7) is 2.42. The number of nitrogens with two attached hydrogens (primary N) is 1. The summed E-state index contributed by atoms with van der Waals surface area (Å²) in [4.78, 5) is 3.91. The Labute approximate surface area is 83.3 Å². The van der Waals surface area contributed by atoms with E-state index in [1.807, 2.05) is 6.07 Å². The molecule has 0 saturated heterocycles. The van der Waals surface area contributed by atoms with E-state index >= 15 is 0 Å². The van der Waals surface area contributed by atoms with Gasteiger partial charge in [-0.15, -0.1) is 0 Å². The highest BCUT2D eigenvalue weighted by molar-refractivity contribution is 6.31. The number of halogens is 1. The van der Waals surface area contributed by atoms with E-state index in [2.05, 4.69) is 10.3 Å². The molecule has 0 fully saturated rings. The molecule has 0 aromatic carbocycles. The maximum atomic E-state index is 5.91. The van der Waals surface area contributed by atoms with Gasteiger partial charge in [-0.3, -0.25) is 4.98 Å². The van der Waals surface area contributed by atoms with Gasteiger partial charge in [0.05, 0.1) is 5.02 Å². The Morgan fingerprint density at radius 3 is 3.08 bits per heavy atom. The van der Waals surface area contributed by atoms with Gasteiger partial charge in [0.25, 0.3) is 0 Å². The molecule has 1 heterocycles. The van der Waals surface area contributed by atoms with Crippen LogP contribution in [0.15, 0.2) is 18.5 Å². The maximum Gasteiger partial charge on any atom is 0.0634 e. The summed E-state index contributed by atoms with van der Waals surface area (Å²) in [7, 11) is 0. The molecule has 3 N–H and O–H groups in total. The Hall–Kier alpha value is -0.640. The van der Waals surface area contributed by atoms with Crippen LogP contribution in [0.25, 0.3) is 0 Å². The van der Waals surface area contributed by atoms with Gasteiger partial charge >= 0.3 is 0 Å². The molecular formula is C9H14ClN3. The number of nitrogens with zero attached hydrogens (tertiary/aromatic N) is 1. The number of aromatic nitrogens is 1. The molecule has 1 rings (SSSR count). The van der Waals surface area contributed by atoms with Crippen LogP contribution >= 0.6 is 11.6 Å². The minimum absolute atomic E-state index is 0.711. The Kier molecular flexibility index (Phi) is 4.75. The van der Waals surface area contributed by atoms with E-state index in [0.717, 1.165) is 31.6 Å². The van der Waals surface area contributed by atoms with Crippen LogP contribution in [-0.2, 0) is 6.54 Å². The lowest BCUT2D eigenvalue weighted by Gasteiger charge is -2.04. The predicted octanol–water partition coefficient (Wildman–Crippen LogP) is 1.17. The first-order chi connectivity index (χ1) is 6.34. The zero-order valence-corrected chi connectivity index (χ0v) is 8.22. The molecule has 0 amide bonds. The van der Waals surface area contributed by atoms with Crippen LogP contribution in [-0.4, -0.2) is 18.1 Å². The maximum absolute atomic E-state index is 5.91. The first-order valence-electron chi connectivity index (χ1n) is 4.33. The molecule has 0 bridgehead atoms. The third-order valence-electron chi connectivity index (χ3n) is 1.73. The summed E-state index contributed by atoms with van der Waals surface area (Å²) in [6, 6.07) is 1.91. The number of hydrogen-bond donors (Lipinski definition) is 2. The molecule has 0 atom stereocenters. The van der Waals surface area contributed by atoms with Crippen molar-refractivity contribution in [2.24, 2.45) is 5.73 Å². The van der Waals surface area contributed by atoms with Crippen LogP contribution in [0.3, 0.4) is 0 Å². The molecule has 4 heteroatoms. The number of nitrogens with one attached hydrogen (secondary N) is 1. The highest BCUT2D eigenvalue weighted by Crippen LogP contribution is 2.12. The van der Waals surface area contributed by atoms with Crippen molar-refractivity contribution in [2.45, 2.75) is 13.0 Å². The fourth-order valence-electron chi connectivity index (χ4n) is 0.997. The van der Waals surface area contributed by atoms with E-state index in [-0.39, 0.29) is 0 Å². The molecule has 0 spiro atoms. The van der Waals surface area contributed by atoms with Crippen molar-refractivity contribution < 1.29 is 0 Å². The largest absolute Gasteiger partial charge is 0.330 e. The summed E-state index contributed by atoms with van der Waals surface area (Å²) < 4.78 is 0. The van der Waals surface area contributed by atoms with Crippen molar-refractivity contribution in [1.82, 2.24) is 10.3 Å². The molecule has 0 aliphatic heterocycles. The molecule has 0 radical (unpaired) electrons. The van der Waals surface area contributed by atoms with Gasteiger partial charge in [0.1, 0.15) is 0 Å². The van der Waals surface area contributed by atoms with Crippen LogP contribution in [0.4, 0.5) is 0 Å². The SMILES string of the molecule is NCCCNCc1ccncc1Cl.